The van der Waals surface area contributed by atoms with Crippen molar-refractivity contribution in [2.75, 3.05) is 26.4 Å². The van der Waals surface area contributed by atoms with Crippen LogP contribution in [-0.2, 0) is 32.7 Å². The minimum absolute atomic E-state index is 0.0453. The van der Waals surface area contributed by atoms with Gasteiger partial charge in [-0.25, -0.2) is 4.57 Å². The molecule has 9 nitrogen and oxygen atoms in total. The molecule has 0 aromatic rings. The Balaban J connectivity index is 3.92. The van der Waals surface area contributed by atoms with E-state index < -0.39 is 26.5 Å². The van der Waals surface area contributed by atoms with Gasteiger partial charge in [-0.15, -0.1) is 0 Å². The van der Waals surface area contributed by atoms with Crippen molar-refractivity contribution in [3.05, 3.63) is 97.2 Å². The van der Waals surface area contributed by atoms with E-state index in [9.17, 15) is 19.0 Å². The molecule has 0 spiro atoms. The van der Waals surface area contributed by atoms with Crippen molar-refractivity contribution in [3.8, 4) is 0 Å². The quantitative estimate of drug-likeness (QED) is 0.0264. The molecule has 0 saturated heterocycles. The van der Waals surface area contributed by atoms with Crippen LogP contribution in [0.2, 0.25) is 0 Å². The molecule has 480 valence electrons. The summed E-state index contributed by atoms with van der Waals surface area (Å²) in [7, 11) is -4.41. The summed E-state index contributed by atoms with van der Waals surface area (Å²) in [5.74, 6) is -0.850. The monoisotopic (exact) mass is 1180 g/mol. The Morgan fingerprint density at radius 1 is 0.373 bits per heavy atom. The van der Waals surface area contributed by atoms with E-state index in [0.717, 1.165) is 96.3 Å². The maximum atomic E-state index is 12.7. The lowest BCUT2D eigenvalue weighted by Crippen LogP contribution is -2.29. The van der Waals surface area contributed by atoms with E-state index in [-0.39, 0.29) is 38.6 Å². The molecule has 2 unspecified atom stereocenters. The van der Waals surface area contributed by atoms with E-state index >= 15 is 0 Å². The summed E-state index contributed by atoms with van der Waals surface area (Å²) in [6.07, 6.45) is 92.2. The smallest absolute Gasteiger partial charge is 0.462 e. The number of phosphoric ester groups is 1. The molecule has 0 aliphatic heterocycles. The van der Waals surface area contributed by atoms with Crippen LogP contribution in [0.5, 0.6) is 0 Å². The van der Waals surface area contributed by atoms with Gasteiger partial charge in [0, 0.05) is 19.4 Å². The zero-order valence-electron chi connectivity index (χ0n) is 53.9. The predicted molar refractivity (Wildman–Crippen MR) is 358 cm³/mol. The molecule has 0 amide bonds. The summed E-state index contributed by atoms with van der Waals surface area (Å²) in [6.45, 7) is 3.64. The number of allylic oxidation sites excluding steroid dienone is 16. The van der Waals surface area contributed by atoms with E-state index in [1.807, 2.05) is 0 Å². The van der Waals surface area contributed by atoms with Crippen LogP contribution in [0.25, 0.3) is 0 Å². The second kappa shape index (κ2) is 68.0. The maximum Gasteiger partial charge on any atom is 0.472 e. The molecule has 0 saturated carbocycles. The lowest BCUT2D eigenvalue weighted by Gasteiger charge is -2.19. The highest BCUT2D eigenvalue weighted by atomic mass is 31.2. The number of phosphoric acid groups is 1. The molecule has 2 atom stereocenters. The number of esters is 2. The van der Waals surface area contributed by atoms with Crippen LogP contribution in [-0.4, -0.2) is 49.3 Å². The highest BCUT2D eigenvalue weighted by Crippen LogP contribution is 2.43. The van der Waals surface area contributed by atoms with E-state index in [1.165, 1.54) is 193 Å². The molecule has 0 radical (unpaired) electrons. The van der Waals surface area contributed by atoms with Gasteiger partial charge in [-0.3, -0.25) is 18.6 Å². The lowest BCUT2D eigenvalue weighted by atomic mass is 10.0. The summed E-state index contributed by atoms with van der Waals surface area (Å²) in [4.78, 5) is 35.3. The van der Waals surface area contributed by atoms with E-state index in [2.05, 4.69) is 111 Å². The van der Waals surface area contributed by atoms with Gasteiger partial charge >= 0.3 is 19.8 Å². The number of rotatable bonds is 65. The average molecular weight is 1180 g/mol. The van der Waals surface area contributed by atoms with Crippen LogP contribution in [0.1, 0.15) is 322 Å². The first-order chi connectivity index (χ1) is 40.8. The van der Waals surface area contributed by atoms with Crippen LogP contribution in [0.3, 0.4) is 0 Å². The van der Waals surface area contributed by atoms with Crippen molar-refractivity contribution in [2.24, 2.45) is 5.73 Å². The van der Waals surface area contributed by atoms with E-state index in [4.69, 9.17) is 24.3 Å². The van der Waals surface area contributed by atoms with E-state index in [1.54, 1.807) is 0 Å². The third-order valence-electron chi connectivity index (χ3n) is 15.0. The fourth-order valence-electron chi connectivity index (χ4n) is 9.89. The minimum Gasteiger partial charge on any atom is -0.462 e. The normalized spacial score (nSPS) is 13.5. The Hall–Kier alpha value is -3.07. The zero-order chi connectivity index (χ0) is 60.1. The van der Waals surface area contributed by atoms with Crippen molar-refractivity contribution in [2.45, 2.75) is 328 Å². The first-order valence-corrected chi connectivity index (χ1v) is 36.2. The van der Waals surface area contributed by atoms with Crippen molar-refractivity contribution < 1.29 is 37.6 Å². The molecule has 0 rings (SSSR count). The van der Waals surface area contributed by atoms with Gasteiger partial charge in [-0.05, 0) is 77.0 Å². The molecular weight excluding hydrogens is 1050 g/mol. The molecule has 83 heavy (non-hydrogen) atoms. The fourth-order valence-corrected chi connectivity index (χ4v) is 10.7. The van der Waals surface area contributed by atoms with Gasteiger partial charge < -0.3 is 20.1 Å². The second-order valence-electron chi connectivity index (χ2n) is 23.0. The number of ether oxygens (including phenoxy) is 2. The molecule has 3 N–H and O–H groups in total. The molecular formula is C73H130NO8P. The van der Waals surface area contributed by atoms with Crippen molar-refractivity contribution >= 4 is 19.8 Å². The molecule has 0 aliphatic rings. The Morgan fingerprint density at radius 3 is 0.988 bits per heavy atom. The first-order valence-electron chi connectivity index (χ1n) is 34.7. The Kier molecular flexibility index (Phi) is 65.5. The van der Waals surface area contributed by atoms with Gasteiger partial charge in [0.25, 0.3) is 0 Å². The minimum atomic E-state index is -4.41. The van der Waals surface area contributed by atoms with Gasteiger partial charge in [0.2, 0.25) is 0 Å². The molecule has 0 bridgehead atoms. The number of hydrogen-bond acceptors (Lipinski definition) is 8. The van der Waals surface area contributed by atoms with Gasteiger partial charge in [0.15, 0.2) is 6.10 Å². The topological polar surface area (TPSA) is 134 Å². The van der Waals surface area contributed by atoms with Crippen molar-refractivity contribution in [1.29, 1.82) is 0 Å². The summed E-state index contributed by atoms with van der Waals surface area (Å²) >= 11 is 0. The number of nitrogens with two attached hydrogens (primary N) is 1. The molecule has 0 aliphatic carbocycles. The Morgan fingerprint density at radius 2 is 0.663 bits per heavy atom. The van der Waals surface area contributed by atoms with Crippen LogP contribution >= 0.6 is 7.82 Å². The maximum absolute atomic E-state index is 12.7. The van der Waals surface area contributed by atoms with Crippen LogP contribution in [0, 0.1) is 0 Å². The van der Waals surface area contributed by atoms with Crippen LogP contribution < -0.4 is 5.73 Å². The van der Waals surface area contributed by atoms with Crippen LogP contribution in [0.15, 0.2) is 97.2 Å². The summed E-state index contributed by atoms with van der Waals surface area (Å²) in [5, 5.41) is 0. The second-order valence-corrected chi connectivity index (χ2v) is 24.5. The van der Waals surface area contributed by atoms with Gasteiger partial charge in [0.05, 0.1) is 13.2 Å². The summed E-state index contributed by atoms with van der Waals surface area (Å²) in [5.41, 5.74) is 5.40. The number of unbranched alkanes of at least 4 members (excludes halogenated alkanes) is 36. The third kappa shape index (κ3) is 67.9. The van der Waals surface area contributed by atoms with Crippen LogP contribution in [0.4, 0.5) is 0 Å². The summed E-state index contributed by atoms with van der Waals surface area (Å²) in [6, 6.07) is 0. The van der Waals surface area contributed by atoms with Gasteiger partial charge in [-0.1, -0.05) is 329 Å². The molecule has 10 heteroatoms. The first kappa shape index (κ1) is 79.9. The lowest BCUT2D eigenvalue weighted by molar-refractivity contribution is -0.161. The molecule has 0 fully saturated rings. The Bertz CT molecular complexity index is 1680. The Labute approximate surface area is 512 Å². The SMILES string of the molecule is CC/C=C\C/C=C\C/C=C\C/C=C\C/C=C\C/C=C\C/C=C\C/C=C\CCCCCCC(=O)OC(COC(=O)CCCCCCCCCCCCCCCCCCCCCCCCCCCCCCCCCCC)COP(=O)(O)OCCN. The van der Waals surface area contributed by atoms with Gasteiger partial charge in [-0.2, -0.15) is 0 Å². The standard InChI is InChI=1S/C73H130NO8P/c1-3-5-7-9-11-13-15-17-19-21-23-25-27-29-31-33-34-35-36-38-39-41-43-45-47-49-51-53-55-57-59-61-63-65-72(75)79-69-71(70-81-83(77,78)80-68-67-74)82-73(76)66-64-62-60-58-56-54-52-50-48-46-44-42-40-37-32-30-28-26-24-22-20-18-16-14-12-10-8-6-4-2/h6,8,12,14,18,20,24,26,30,32,40,42,46,48,52,54,71H,3-5,7,9-11,13,15-17,19,21-23,25,27-29,31,33-39,41,43-45,47,49-51,53,55-70,74H2,1-2H3,(H,77,78)/b8-6-,14-12-,20-18-,26-24-,32-30-,42-40-,48-46-,54-52-. The average Bonchev–Trinajstić information content (AvgIpc) is 3.49. The third-order valence-corrected chi connectivity index (χ3v) is 16.0. The van der Waals surface area contributed by atoms with Crippen molar-refractivity contribution in [3.63, 3.8) is 0 Å². The van der Waals surface area contributed by atoms with Crippen molar-refractivity contribution in [1.82, 2.24) is 0 Å². The molecule has 0 heterocycles. The molecule has 0 aromatic carbocycles. The summed E-state index contributed by atoms with van der Waals surface area (Å²) < 4.78 is 33.1. The highest BCUT2D eigenvalue weighted by Gasteiger charge is 2.26. The van der Waals surface area contributed by atoms with E-state index in [0.29, 0.717) is 6.42 Å². The number of carbonyl (C=O) groups excluding carboxylic acids is 2. The predicted octanol–water partition coefficient (Wildman–Crippen LogP) is 22.7. The highest BCUT2D eigenvalue weighted by molar-refractivity contribution is 7.47. The zero-order valence-corrected chi connectivity index (χ0v) is 54.8. The number of hydrogen-bond donors (Lipinski definition) is 2. The fraction of sp³-hybridized carbons (Fsp3) is 0.753. The van der Waals surface area contributed by atoms with Gasteiger partial charge in [0.1, 0.15) is 6.61 Å². The molecule has 0 aromatic heterocycles. The number of carbonyl (C=O) groups is 2. The largest absolute Gasteiger partial charge is 0.472 e.